The third kappa shape index (κ3) is 5.55. The Bertz CT molecular complexity index is 3380. The molecule has 1 aliphatic heterocycles. The van der Waals surface area contributed by atoms with Crippen molar-refractivity contribution in [3.8, 4) is 33.4 Å². The fourth-order valence-corrected chi connectivity index (χ4v) is 10.3. The molecule has 1 aliphatic rings. The van der Waals surface area contributed by atoms with Gasteiger partial charge in [0.1, 0.15) is 0 Å². The SMILES string of the molecule is c1ccc(N(c2ccc(-c3ccc4sc5ccccc5c4c3)cc2)c2cccc(-c3ccc(N4c5c(ccc6ccccc56)-c5cccc6cccc4c56)cc3)c2)cc1. The van der Waals surface area contributed by atoms with Crippen molar-refractivity contribution in [1.82, 2.24) is 0 Å². The van der Waals surface area contributed by atoms with Crippen LogP contribution in [0.15, 0.2) is 218 Å². The summed E-state index contributed by atoms with van der Waals surface area (Å²) in [4.78, 5) is 4.82. The second kappa shape index (κ2) is 13.6. The number of anilines is 6. The summed E-state index contributed by atoms with van der Waals surface area (Å²) in [5.74, 6) is 0. The first-order valence-corrected chi connectivity index (χ1v) is 21.0. The van der Waals surface area contributed by atoms with E-state index in [1.54, 1.807) is 0 Å². The van der Waals surface area contributed by atoms with Crippen molar-refractivity contribution in [2.75, 3.05) is 9.80 Å². The van der Waals surface area contributed by atoms with E-state index in [0.717, 1.165) is 22.7 Å². The van der Waals surface area contributed by atoms with E-state index >= 15 is 0 Å². The van der Waals surface area contributed by atoms with Crippen molar-refractivity contribution >= 4 is 87.2 Å². The Morgan fingerprint density at radius 2 is 0.983 bits per heavy atom. The topological polar surface area (TPSA) is 6.48 Å². The third-order valence-electron chi connectivity index (χ3n) is 12.0. The van der Waals surface area contributed by atoms with Crippen LogP contribution in [-0.2, 0) is 0 Å². The Hall–Kier alpha value is -7.46. The molecule has 12 rings (SSSR count). The summed E-state index contributed by atoms with van der Waals surface area (Å²) in [5.41, 5.74) is 14.2. The van der Waals surface area contributed by atoms with Crippen LogP contribution in [-0.4, -0.2) is 0 Å². The maximum absolute atomic E-state index is 2.47. The van der Waals surface area contributed by atoms with Crippen LogP contribution in [0.1, 0.15) is 0 Å². The molecule has 0 aliphatic carbocycles. The predicted octanol–water partition coefficient (Wildman–Crippen LogP) is 16.6. The molecule has 0 saturated heterocycles. The highest BCUT2D eigenvalue weighted by Gasteiger charge is 2.27. The fourth-order valence-electron chi connectivity index (χ4n) is 9.19. The van der Waals surface area contributed by atoms with Gasteiger partial charge in [0.25, 0.3) is 0 Å². The van der Waals surface area contributed by atoms with E-state index in [4.69, 9.17) is 0 Å². The van der Waals surface area contributed by atoms with Crippen LogP contribution in [0.4, 0.5) is 34.1 Å². The van der Waals surface area contributed by atoms with Gasteiger partial charge in [0.05, 0.1) is 11.4 Å². The van der Waals surface area contributed by atoms with Gasteiger partial charge in [-0.15, -0.1) is 11.3 Å². The van der Waals surface area contributed by atoms with Gasteiger partial charge in [-0.05, 0) is 111 Å². The van der Waals surface area contributed by atoms with E-state index < -0.39 is 0 Å². The lowest BCUT2D eigenvalue weighted by molar-refractivity contribution is 1.28. The largest absolute Gasteiger partial charge is 0.310 e. The molecule has 0 unspecified atom stereocenters. The molecule has 0 N–H and O–H groups in total. The molecule has 1 aromatic heterocycles. The van der Waals surface area contributed by atoms with Gasteiger partial charge in [-0.1, -0.05) is 146 Å². The van der Waals surface area contributed by atoms with Gasteiger partial charge in [-0.25, -0.2) is 0 Å². The molecule has 0 spiro atoms. The summed E-state index contributed by atoms with van der Waals surface area (Å²) in [6, 6.07) is 79.9. The van der Waals surface area contributed by atoms with E-state index in [9.17, 15) is 0 Å². The van der Waals surface area contributed by atoms with Gasteiger partial charge in [-0.2, -0.15) is 0 Å². The Labute approximate surface area is 347 Å². The lowest BCUT2D eigenvalue weighted by atomic mass is 9.88. The molecule has 0 saturated carbocycles. The normalized spacial score (nSPS) is 12.0. The van der Waals surface area contributed by atoms with Crippen molar-refractivity contribution < 1.29 is 0 Å². The Morgan fingerprint density at radius 3 is 1.83 bits per heavy atom. The van der Waals surface area contributed by atoms with Crippen molar-refractivity contribution in [1.29, 1.82) is 0 Å². The zero-order chi connectivity index (χ0) is 38.9. The zero-order valence-electron chi connectivity index (χ0n) is 32.1. The summed E-state index contributed by atoms with van der Waals surface area (Å²) in [6.07, 6.45) is 0. The number of nitrogens with zero attached hydrogens (tertiary/aromatic N) is 2. The maximum atomic E-state index is 2.47. The minimum atomic E-state index is 1.11. The van der Waals surface area contributed by atoms with Crippen LogP contribution in [0.25, 0.3) is 75.1 Å². The van der Waals surface area contributed by atoms with Crippen molar-refractivity contribution in [3.05, 3.63) is 218 Å². The molecular formula is C56H36N2S. The second-order valence-corrected chi connectivity index (χ2v) is 16.4. The van der Waals surface area contributed by atoms with E-state index in [0.29, 0.717) is 0 Å². The molecule has 59 heavy (non-hydrogen) atoms. The monoisotopic (exact) mass is 768 g/mol. The summed E-state index contributed by atoms with van der Waals surface area (Å²) in [5, 5.41) is 7.68. The average Bonchev–Trinajstić information content (AvgIpc) is 3.68. The summed E-state index contributed by atoms with van der Waals surface area (Å²) >= 11 is 1.86. The molecule has 0 amide bonds. The van der Waals surface area contributed by atoms with E-state index in [2.05, 4.69) is 228 Å². The first-order chi connectivity index (χ1) is 29.2. The minimum Gasteiger partial charge on any atom is -0.310 e. The predicted molar refractivity (Wildman–Crippen MR) is 254 cm³/mol. The number of rotatable bonds is 6. The molecule has 10 aromatic carbocycles. The highest BCUT2D eigenvalue weighted by atomic mass is 32.1. The van der Waals surface area contributed by atoms with Crippen LogP contribution in [0.5, 0.6) is 0 Å². The average molecular weight is 769 g/mol. The Balaban J connectivity index is 0.915. The van der Waals surface area contributed by atoms with Crippen molar-refractivity contribution in [2.24, 2.45) is 0 Å². The molecule has 0 fully saturated rings. The van der Waals surface area contributed by atoms with Crippen LogP contribution in [0.3, 0.4) is 0 Å². The van der Waals surface area contributed by atoms with E-state index in [1.165, 1.54) is 86.5 Å². The standard InChI is InChI=1S/C56H36N2S/c1-2-15-43(16-3-1)57(44-29-23-38(24-30-44)42-28-34-54-51(36-42)48-19-6-7-22-53(48)59-54)46-17-8-14-41(35-46)37-25-31-45(32-26-37)58-52-21-10-13-40-12-9-20-49(55(40)52)50-33-27-39-11-4-5-18-47(39)56(50)58/h1-36H. The molecule has 3 heteroatoms. The van der Waals surface area contributed by atoms with E-state index in [-0.39, 0.29) is 0 Å². The second-order valence-electron chi connectivity index (χ2n) is 15.3. The molecule has 0 radical (unpaired) electrons. The van der Waals surface area contributed by atoms with Gasteiger partial charge < -0.3 is 9.80 Å². The number of thiophene rings is 1. The molecule has 11 aromatic rings. The number of para-hydroxylation sites is 1. The van der Waals surface area contributed by atoms with Gasteiger partial charge in [0.15, 0.2) is 0 Å². The highest BCUT2D eigenvalue weighted by molar-refractivity contribution is 7.25. The van der Waals surface area contributed by atoms with Crippen LogP contribution < -0.4 is 9.80 Å². The highest BCUT2D eigenvalue weighted by Crippen LogP contribution is 2.53. The van der Waals surface area contributed by atoms with Gasteiger partial charge in [0, 0.05) is 59.3 Å². The van der Waals surface area contributed by atoms with Crippen molar-refractivity contribution in [2.45, 2.75) is 0 Å². The molecule has 2 nitrogen and oxygen atoms in total. The Kier molecular flexibility index (Phi) is 7.75. The first-order valence-electron chi connectivity index (χ1n) is 20.2. The minimum absolute atomic E-state index is 1.11. The summed E-state index contributed by atoms with van der Waals surface area (Å²) in [7, 11) is 0. The molecule has 276 valence electrons. The fraction of sp³-hybridized carbons (Fsp3) is 0. The first kappa shape index (κ1) is 33.7. The van der Waals surface area contributed by atoms with Gasteiger partial charge in [0.2, 0.25) is 0 Å². The van der Waals surface area contributed by atoms with Crippen LogP contribution in [0.2, 0.25) is 0 Å². The smallest absolute Gasteiger partial charge is 0.0618 e. The van der Waals surface area contributed by atoms with Crippen LogP contribution >= 0.6 is 11.3 Å². The number of hydrogen-bond acceptors (Lipinski definition) is 3. The summed E-state index contributed by atoms with van der Waals surface area (Å²) in [6.45, 7) is 0. The lowest BCUT2D eigenvalue weighted by Gasteiger charge is -2.34. The van der Waals surface area contributed by atoms with Crippen molar-refractivity contribution in [3.63, 3.8) is 0 Å². The quantitative estimate of drug-likeness (QED) is 0.166. The van der Waals surface area contributed by atoms with Gasteiger partial charge >= 0.3 is 0 Å². The molecule has 0 bridgehead atoms. The summed E-state index contributed by atoms with van der Waals surface area (Å²) < 4.78 is 2.65. The lowest BCUT2D eigenvalue weighted by Crippen LogP contribution is -2.15. The Morgan fingerprint density at radius 1 is 0.356 bits per heavy atom. The molecular weight excluding hydrogens is 733 g/mol. The number of hydrogen-bond donors (Lipinski definition) is 0. The van der Waals surface area contributed by atoms with E-state index in [1.807, 2.05) is 11.3 Å². The number of benzene rings is 10. The maximum Gasteiger partial charge on any atom is 0.0618 e. The molecule has 0 atom stereocenters. The van der Waals surface area contributed by atoms with Gasteiger partial charge in [-0.3, -0.25) is 0 Å². The van der Waals surface area contributed by atoms with Crippen LogP contribution in [0, 0.1) is 0 Å². The number of fused-ring (bicyclic) bond motifs is 7. The third-order valence-corrected chi connectivity index (χ3v) is 13.1. The zero-order valence-corrected chi connectivity index (χ0v) is 32.9. The molecule has 2 heterocycles.